The molecule has 0 aromatic heterocycles. The summed E-state index contributed by atoms with van der Waals surface area (Å²) in [4.78, 5) is 23.5. The lowest BCUT2D eigenvalue weighted by molar-refractivity contribution is -0.116. The predicted octanol–water partition coefficient (Wildman–Crippen LogP) is 2.27. The molecule has 1 amide bonds. The van der Waals surface area contributed by atoms with Crippen molar-refractivity contribution in [1.82, 2.24) is 5.32 Å². The molecule has 0 saturated carbocycles. The van der Waals surface area contributed by atoms with Crippen LogP contribution in [0.1, 0.15) is 47.7 Å². The molecule has 18 heavy (non-hydrogen) atoms. The summed E-state index contributed by atoms with van der Waals surface area (Å²) < 4.78 is 0. The molecule has 1 aromatic carbocycles. The molecule has 0 aliphatic heterocycles. The molecule has 2 rings (SSSR count). The lowest BCUT2D eigenvalue weighted by Crippen LogP contribution is -2.31. The van der Waals surface area contributed by atoms with E-state index in [1.54, 1.807) is 6.07 Å². The Morgan fingerprint density at radius 3 is 2.61 bits per heavy atom. The molecule has 0 radical (unpaired) electrons. The molecule has 0 spiro atoms. The molecule has 0 atom stereocenters. The number of fused-ring (bicyclic) bond motifs is 1. The molecule has 0 unspecified atom stereocenters. The highest BCUT2D eigenvalue weighted by Gasteiger charge is 2.17. The van der Waals surface area contributed by atoms with Gasteiger partial charge in [0.1, 0.15) is 0 Å². The highest BCUT2D eigenvalue weighted by atomic mass is 16.2. The van der Waals surface area contributed by atoms with Crippen LogP contribution in [-0.4, -0.2) is 18.2 Å². The van der Waals surface area contributed by atoms with Crippen molar-refractivity contribution in [2.45, 2.75) is 39.0 Å². The Balaban J connectivity index is 2.13. The third-order valence-electron chi connectivity index (χ3n) is 3.35. The Morgan fingerprint density at radius 1 is 1.17 bits per heavy atom. The zero-order chi connectivity index (χ0) is 13.0. The third kappa shape index (κ3) is 2.78. The summed E-state index contributed by atoms with van der Waals surface area (Å²) in [5.74, 6) is -0.913. The highest BCUT2D eigenvalue weighted by molar-refractivity contribution is 6.42. The summed E-state index contributed by atoms with van der Waals surface area (Å²) in [6.07, 6.45) is 5.34. The quantitative estimate of drug-likeness (QED) is 0.653. The zero-order valence-electron chi connectivity index (χ0n) is 10.8. The number of benzene rings is 1. The third-order valence-corrected chi connectivity index (χ3v) is 3.35. The van der Waals surface area contributed by atoms with Crippen LogP contribution in [0.15, 0.2) is 18.2 Å². The molecule has 1 aliphatic rings. The second kappa shape index (κ2) is 5.80. The fraction of sp³-hybridized carbons (Fsp3) is 0.467. The minimum absolute atomic E-state index is 0.420. The number of hydrogen-bond donors (Lipinski definition) is 1. The van der Waals surface area contributed by atoms with E-state index in [0.717, 1.165) is 19.3 Å². The van der Waals surface area contributed by atoms with Crippen LogP contribution < -0.4 is 5.32 Å². The Morgan fingerprint density at radius 2 is 1.89 bits per heavy atom. The van der Waals surface area contributed by atoms with Crippen molar-refractivity contribution in [3.8, 4) is 0 Å². The predicted molar refractivity (Wildman–Crippen MR) is 70.7 cm³/mol. The van der Waals surface area contributed by atoms with Gasteiger partial charge in [0, 0.05) is 12.1 Å². The molecule has 1 N–H and O–H groups in total. The van der Waals surface area contributed by atoms with Crippen molar-refractivity contribution >= 4 is 11.7 Å². The Bertz CT molecular complexity index is 466. The van der Waals surface area contributed by atoms with Gasteiger partial charge >= 0.3 is 0 Å². The summed E-state index contributed by atoms with van der Waals surface area (Å²) in [7, 11) is 0. The monoisotopic (exact) mass is 245 g/mol. The van der Waals surface area contributed by atoms with Crippen LogP contribution in [-0.2, 0) is 17.6 Å². The van der Waals surface area contributed by atoms with E-state index in [0.29, 0.717) is 12.1 Å². The molecule has 1 aliphatic carbocycles. The molecular weight excluding hydrogens is 226 g/mol. The Labute approximate surface area is 108 Å². The van der Waals surface area contributed by atoms with E-state index in [-0.39, 0.29) is 0 Å². The molecule has 3 nitrogen and oxygen atoms in total. The number of carbonyl (C=O) groups is 2. The standard InChI is InChI=1S/C15H19NO2/c1-2-9-16-15(18)14(17)13-8-7-11-5-3-4-6-12(11)10-13/h7-8,10H,2-6,9H2,1H3,(H,16,18). The van der Waals surface area contributed by atoms with Gasteiger partial charge < -0.3 is 5.32 Å². The van der Waals surface area contributed by atoms with Gasteiger partial charge in [0.15, 0.2) is 0 Å². The first-order valence-corrected chi connectivity index (χ1v) is 6.66. The van der Waals surface area contributed by atoms with Crippen LogP contribution in [0.25, 0.3) is 0 Å². The SMILES string of the molecule is CCCNC(=O)C(=O)c1ccc2c(c1)CCCC2. The van der Waals surface area contributed by atoms with Gasteiger partial charge in [-0.15, -0.1) is 0 Å². The maximum Gasteiger partial charge on any atom is 0.292 e. The van der Waals surface area contributed by atoms with Crippen molar-refractivity contribution in [2.24, 2.45) is 0 Å². The average molecular weight is 245 g/mol. The molecule has 96 valence electrons. The normalized spacial score (nSPS) is 13.8. The van der Waals surface area contributed by atoms with E-state index in [2.05, 4.69) is 5.32 Å². The fourth-order valence-corrected chi connectivity index (χ4v) is 2.32. The van der Waals surface area contributed by atoms with Gasteiger partial charge in [-0.2, -0.15) is 0 Å². The summed E-state index contributed by atoms with van der Waals surface area (Å²) in [5, 5.41) is 2.62. The number of carbonyl (C=O) groups excluding carboxylic acids is 2. The van der Waals surface area contributed by atoms with Crippen LogP contribution in [0.4, 0.5) is 0 Å². The lowest BCUT2D eigenvalue weighted by atomic mass is 9.90. The molecule has 1 aromatic rings. The smallest absolute Gasteiger partial charge is 0.292 e. The average Bonchev–Trinajstić information content (AvgIpc) is 2.43. The zero-order valence-corrected chi connectivity index (χ0v) is 10.8. The van der Waals surface area contributed by atoms with E-state index >= 15 is 0 Å². The van der Waals surface area contributed by atoms with Gasteiger partial charge in [-0.05, 0) is 49.3 Å². The van der Waals surface area contributed by atoms with Crippen LogP contribution in [0, 0.1) is 0 Å². The number of aryl methyl sites for hydroxylation is 2. The summed E-state index contributed by atoms with van der Waals surface area (Å²) >= 11 is 0. The first-order chi connectivity index (χ1) is 8.72. The first-order valence-electron chi connectivity index (χ1n) is 6.66. The molecular formula is C15H19NO2. The minimum atomic E-state index is -0.493. The number of Topliss-reactive ketones (excluding diaryl/α,β-unsaturated/α-hetero) is 1. The number of nitrogens with one attached hydrogen (secondary N) is 1. The number of amides is 1. The van der Waals surface area contributed by atoms with Crippen LogP contribution >= 0.6 is 0 Å². The topological polar surface area (TPSA) is 46.2 Å². The van der Waals surface area contributed by atoms with Crippen LogP contribution in [0.3, 0.4) is 0 Å². The van der Waals surface area contributed by atoms with Gasteiger partial charge in [0.05, 0.1) is 0 Å². The largest absolute Gasteiger partial charge is 0.349 e. The minimum Gasteiger partial charge on any atom is -0.349 e. The first kappa shape index (κ1) is 12.8. The molecule has 0 saturated heterocycles. The van der Waals surface area contributed by atoms with Gasteiger partial charge in [-0.25, -0.2) is 0 Å². The number of hydrogen-bond acceptors (Lipinski definition) is 2. The van der Waals surface area contributed by atoms with Crippen molar-refractivity contribution in [1.29, 1.82) is 0 Å². The second-order valence-electron chi connectivity index (χ2n) is 4.78. The summed E-state index contributed by atoms with van der Waals surface area (Å²) in [6, 6.07) is 5.66. The van der Waals surface area contributed by atoms with E-state index < -0.39 is 11.7 Å². The fourth-order valence-electron chi connectivity index (χ4n) is 2.32. The number of ketones is 1. The molecule has 0 heterocycles. The molecule has 3 heteroatoms. The van der Waals surface area contributed by atoms with Gasteiger partial charge in [0.2, 0.25) is 5.78 Å². The molecule has 0 bridgehead atoms. The van der Waals surface area contributed by atoms with Crippen molar-refractivity contribution in [3.05, 3.63) is 34.9 Å². The molecule has 0 fully saturated rings. The van der Waals surface area contributed by atoms with Crippen LogP contribution in [0.2, 0.25) is 0 Å². The maximum atomic E-state index is 11.9. The van der Waals surface area contributed by atoms with Crippen molar-refractivity contribution in [2.75, 3.05) is 6.54 Å². The van der Waals surface area contributed by atoms with Crippen LogP contribution in [0.5, 0.6) is 0 Å². The second-order valence-corrected chi connectivity index (χ2v) is 4.78. The highest BCUT2D eigenvalue weighted by Crippen LogP contribution is 2.22. The van der Waals surface area contributed by atoms with E-state index in [4.69, 9.17) is 0 Å². The van der Waals surface area contributed by atoms with E-state index in [9.17, 15) is 9.59 Å². The maximum absolute atomic E-state index is 11.9. The van der Waals surface area contributed by atoms with Gasteiger partial charge in [-0.3, -0.25) is 9.59 Å². The summed E-state index contributed by atoms with van der Waals surface area (Å²) in [6.45, 7) is 2.51. The lowest BCUT2D eigenvalue weighted by Gasteiger charge is -2.16. The summed E-state index contributed by atoms with van der Waals surface area (Å²) in [5.41, 5.74) is 3.08. The Hall–Kier alpha value is -1.64. The number of rotatable bonds is 4. The van der Waals surface area contributed by atoms with Gasteiger partial charge in [-0.1, -0.05) is 19.1 Å². The van der Waals surface area contributed by atoms with E-state index in [1.807, 2.05) is 19.1 Å². The van der Waals surface area contributed by atoms with Crippen molar-refractivity contribution in [3.63, 3.8) is 0 Å². The van der Waals surface area contributed by atoms with E-state index in [1.165, 1.54) is 24.0 Å². The Kier molecular flexibility index (Phi) is 4.13. The van der Waals surface area contributed by atoms with Gasteiger partial charge in [0.25, 0.3) is 5.91 Å². The van der Waals surface area contributed by atoms with Crippen molar-refractivity contribution < 1.29 is 9.59 Å².